The van der Waals surface area contributed by atoms with Crippen molar-refractivity contribution in [1.29, 1.82) is 0 Å². The summed E-state index contributed by atoms with van der Waals surface area (Å²) in [7, 11) is 0. The average molecular weight is 747 g/mol. The van der Waals surface area contributed by atoms with Gasteiger partial charge < -0.3 is 44.3 Å². The van der Waals surface area contributed by atoms with Crippen molar-refractivity contribution in [3.8, 4) is 45.5 Å². The summed E-state index contributed by atoms with van der Waals surface area (Å²) in [5, 5.41) is 21.4. The number of oxazole rings is 2. The first kappa shape index (κ1) is 32.4. The monoisotopic (exact) mass is 746 g/mol. The molecule has 5 N–H and O–H groups in total. The topological polar surface area (TPSA) is 177 Å². The number of ether oxygens (including phenoxy) is 2. The van der Waals surface area contributed by atoms with Crippen LogP contribution in [0.1, 0.15) is 53.8 Å². The molecule has 0 saturated carbocycles. The second-order valence-electron chi connectivity index (χ2n) is 15.0. The maximum absolute atomic E-state index is 14.3. The van der Waals surface area contributed by atoms with Crippen LogP contribution in [-0.4, -0.2) is 44.3 Å². The SMILES string of the molecule is CC(C)[C@@H]1NC(=O)[C@@H](NC(=O)OCc2ccccc2)Cc2ccc3c(c2)C24c5cccc(c5NC2O3)-c2ccc(O)c3[nH]cc(c23)-c2cnc(o2)-c2nc1oc24. The third-order valence-corrected chi connectivity index (χ3v) is 11.4. The Labute approximate surface area is 319 Å². The number of para-hydroxylation sites is 1. The van der Waals surface area contributed by atoms with Crippen molar-refractivity contribution in [3.05, 3.63) is 125 Å². The van der Waals surface area contributed by atoms with Gasteiger partial charge in [-0.2, -0.15) is 0 Å². The molecule has 56 heavy (non-hydrogen) atoms. The van der Waals surface area contributed by atoms with E-state index in [-0.39, 0.29) is 36.5 Å². The zero-order valence-electron chi connectivity index (χ0n) is 30.2. The van der Waals surface area contributed by atoms with Gasteiger partial charge in [0.2, 0.25) is 17.7 Å². The molecule has 13 nitrogen and oxygen atoms in total. The lowest BCUT2D eigenvalue weighted by Gasteiger charge is -2.28. The summed E-state index contributed by atoms with van der Waals surface area (Å²) in [5.74, 6) is 1.50. The number of aromatic nitrogens is 3. The summed E-state index contributed by atoms with van der Waals surface area (Å²) in [6.07, 6.45) is 2.20. The molecule has 4 aliphatic rings. The van der Waals surface area contributed by atoms with Crippen molar-refractivity contribution >= 4 is 28.6 Å². The smallest absolute Gasteiger partial charge is 0.408 e. The fourth-order valence-electron chi connectivity index (χ4n) is 8.81. The third-order valence-electron chi connectivity index (χ3n) is 11.4. The molecule has 2 unspecified atom stereocenters. The second-order valence-corrected chi connectivity index (χ2v) is 15.0. The van der Waals surface area contributed by atoms with E-state index in [2.05, 4.69) is 27.0 Å². The number of rotatable bonds is 4. The van der Waals surface area contributed by atoms with Gasteiger partial charge in [0, 0.05) is 45.9 Å². The number of phenols is 1. The fourth-order valence-corrected chi connectivity index (χ4v) is 8.81. The molecule has 13 heteroatoms. The van der Waals surface area contributed by atoms with Gasteiger partial charge in [-0.05, 0) is 40.8 Å². The number of benzene rings is 4. The van der Waals surface area contributed by atoms with Gasteiger partial charge in [-0.1, -0.05) is 74.5 Å². The summed E-state index contributed by atoms with van der Waals surface area (Å²) in [6.45, 7) is 3.98. The van der Waals surface area contributed by atoms with E-state index in [1.165, 1.54) is 0 Å². The summed E-state index contributed by atoms with van der Waals surface area (Å²) < 4.78 is 26.0. The number of anilines is 1. The molecule has 10 bridgehead atoms. The molecule has 11 rings (SSSR count). The first-order valence-electron chi connectivity index (χ1n) is 18.6. The van der Waals surface area contributed by atoms with Crippen LogP contribution in [0, 0.1) is 5.92 Å². The lowest BCUT2D eigenvalue weighted by Crippen LogP contribution is -2.49. The van der Waals surface area contributed by atoms with Gasteiger partial charge in [0.25, 0.3) is 0 Å². The molecule has 1 spiro atoms. The second kappa shape index (κ2) is 11.7. The maximum atomic E-state index is 14.3. The van der Waals surface area contributed by atoms with E-state index in [1.807, 2.05) is 80.6 Å². The van der Waals surface area contributed by atoms with Crippen LogP contribution in [0.2, 0.25) is 0 Å². The normalized spacial score (nSPS) is 21.0. The lowest BCUT2D eigenvalue weighted by molar-refractivity contribution is -0.124. The molecule has 0 fully saturated rings. The van der Waals surface area contributed by atoms with Gasteiger partial charge >= 0.3 is 6.09 Å². The highest BCUT2D eigenvalue weighted by atomic mass is 16.5. The van der Waals surface area contributed by atoms with Gasteiger partial charge in [0.05, 0.1) is 11.7 Å². The molecule has 2 amide bonds. The maximum Gasteiger partial charge on any atom is 0.408 e. The number of fused-ring (bicyclic) bond motifs is 7. The molecule has 0 aliphatic carbocycles. The van der Waals surface area contributed by atoms with E-state index >= 15 is 0 Å². The van der Waals surface area contributed by atoms with Crippen LogP contribution >= 0.6 is 0 Å². The van der Waals surface area contributed by atoms with Crippen LogP contribution in [0.3, 0.4) is 0 Å². The minimum absolute atomic E-state index is 0.0509. The Morgan fingerprint density at radius 2 is 1.88 bits per heavy atom. The Morgan fingerprint density at radius 1 is 1.00 bits per heavy atom. The molecule has 0 saturated heterocycles. The van der Waals surface area contributed by atoms with E-state index < -0.39 is 35.7 Å². The van der Waals surface area contributed by atoms with E-state index in [0.717, 1.165) is 44.5 Å². The molecule has 0 radical (unpaired) electrons. The van der Waals surface area contributed by atoms with Gasteiger partial charge in [0.1, 0.15) is 35.6 Å². The van der Waals surface area contributed by atoms with Crippen LogP contribution in [-0.2, 0) is 28.0 Å². The minimum atomic E-state index is -1.11. The Hall–Kier alpha value is -7.02. The van der Waals surface area contributed by atoms with E-state index in [9.17, 15) is 14.7 Å². The molecular formula is C43H34N6O7. The highest BCUT2D eigenvalue weighted by Gasteiger charge is 2.61. The highest BCUT2D eigenvalue weighted by Crippen LogP contribution is 2.61. The van der Waals surface area contributed by atoms with Gasteiger partial charge in [-0.15, -0.1) is 0 Å². The number of phenolic OH excluding ortho intramolecular Hbond substituents is 1. The van der Waals surface area contributed by atoms with Gasteiger partial charge in [0.15, 0.2) is 23.4 Å². The van der Waals surface area contributed by atoms with Crippen molar-refractivity contribution in [2.45, 2.75) is 50.6 Å². The summed E-state index contributed by atoms with van der Waals surface area (Å²) in [6, 6.07) is 23.1. The largest absolute Gasteiger partial charge is 0.506 e. The Balaban J connectivity index is 1.14. The Morgan fingerprint density at radius 3 is 2.73 bits per heavy atom. The zero-order chi connectivity index (χ0) is 37.9. The number of nitrogens with zero attached hydrogens (tertiary/aromatic N) is 2. The van der Waals surface area contributed by atoms with Crippen molar-refractivity contribution in [1.82, 2.24) is 25.6 Å². The predicted molar refractivity (Wildman–Crippen MR) is 204 cm³/mol. The zero-order valence-corrected chi connectivity index (χ0v) is 30.2. The fraction of sp³-hybridized carbons (Fsp3) is 0.209. The van der Waals surface area contributed by atoms with Gasteiger partial charge in [-0.3, -0.25) is 4.79 Å². The molecule has 4 aromatic carbocycles. The summed E-state index contributed by atoms with van der Waals surface area (Å²) >= 11 is 0. The molecule has 4 atom stereocenters. The lowest BCUT2D eigenvalue weighted by atomic mass is 9.72. The number of aromatic hydroxyl groups is 1. The number of hydrogen-bond donors (Lipinski definition) is 5. The van der Waals surface area contributed by atoms with Crippen molar-refractivity contribution < 1.29 is 33.0 Å². The van der Waals surface area contributed by atoms with Gasteiger partial charge in [-0.25, -0.2) is 14.8 Å². The summed E-state index contributed by atoms with van der Waals surface area (Å²) in [5.41, 5.74) is 6.40. The Kier molecular flexibility index (Phi) is 6.79. The van der Waals surface area contributed by atoms with Crippen LogP contribution in [0.15, 0.2) is 100 Å². The van der Waals surface area contributed by atoms with Crippen molar-refractivity contribution in [2.75, 3.05) is 5.32 Å². The number of nitrogens with one attached hydrogen (secondary N) is 4. The number of alkyl carbamates (subject to hydrolysis) is 1. The van der Waals surface area contributed by atoms with E-state index in [0.29, 0.717) is 34.0 Å². The quantitative estimate of drug-likeness (QED) is 0.123. The standard InChI is InChI=1S/C43H34N6O7/c1-20(2)33-40-48-36-37(56-40)43-26-10-6-9-24(23-12-13-29(50)35-32(23)25(17-44-35)31-18-45-39(36)54-31)34(26)49-41(43)55-30-14-11-22(15-27(30)43)16-28(38(51)47-33)46-42(52)53-19-21-7-4-3-5-8-21/h3-15,17-18,20,28,33,41,44,49-50H,16,19H2,1-2H3,(H,46,52)(H,47,51)/t28-,33-,41?,43?/m0/s1. The number of carbonyl (C=O) groups excluding carboxylic acids is 2. The first-order valence-corrected chi connectivity index (χ1v) is 18.6. The van der Waals surface area contributed by atoms with Crippen LogP contribution in [0.5, 0.6) is 11.5 Å². The highest BCUT2D eigenvalue weighted by molar-refractivity contribution is 6.09. The van der Waals surface area contributed by atoms with Crippen LogP contribution < -0.4 is 20.7 Å². The van der Waals surface area contributed by atoms with E-state index in [1.54, 1.807) is 18.5 Å². The van der Waals surface area contributed by atoms with Crippen LogP contribution in [0.25, 0.3) is 44.9 Å². The number of amides is 2. The Bertz CT molecular complexity index is 2770. The summed E-state index contributed by atoms with van der Waals surface area (Å²) in [4.78, 5) is 40.6. The minimum Gasteiger partial charge on any atom is -0.506 e. The van der Waals surface area contributed by atoms with Crippen molar-refractivity contribution in [3.63, 3.8) is 0 Å². The van der Waals surface area contributed by atoms with Crippen molar-refractivity contribution in [2.24, 2.45) is 5.92 Å². The first-order chi connectivity index (χ1) is 27.3. The molecule has 278 valence electrons. The molecule has 4 aliphatic heterocycles. The van der Waals surface area contributed by atoms with E-state index in [4.69, 9.17) is 28.3 Å². The number of H-pyrrole nitrogens is 1. The molecule has 7 heterocycles. The van der Waals surface area contributed by atoms with Crippen LogP contribution in [0.4, 0.5) is 10.5 Å². The number of carbonyl (C=O) groups is 2. The average Bonchev–Trinajstić information content (AvgIpc) is 4.03. The molecule has 3 aromatic heterocycles. The number of hydrogen-bond acceptors (Lipinski definition) is 10. The third kappa shape index (κ3) is 4.54. The molecule has 7 aromatic rings. The predicted octanol–water partition coefficient (Wildman–Crippen LogP) is 7.31. The number of aromatic amines is 1. The molecular weight excluding hydrogens is 713 g/mol.